The molecule has 0 spiro atoms. The molecule has 9 heteroatoms. The highest BCUT2D eigenvalue weighted by Gasteiger charge is 2.17. The molecular weight excluding hydrogens is 350 g/mol. The van der Waals surface area contributed by atoms with Crippen molar-refractivity contribution in [3.63, 3.8) is 0 Å². The van der Waals surface area contributed by atoms with Crippen molar-refractivity contribution >= 4 is 33.3 Å². The van der Waals surface area contributed by atoms with Crippen LogP contribution in [-0.2, 0) is 21.3 Å². The first-order valence-corrected chi connectivity index (χ1v) is 9.51. The van der Waals surface area contributed by atoms with Gasteiger partial charge >= 0.3 is 6.09 Å². The number of amides is 1. The number of nitrogens with one attached hydrogen (secondary N) is 2. The van der Waals surface area contributed by atoms with Crippen LogP contribution in [0.3, 0.4) is 0 Å². The molecule has 0 saturated heterocycles. The largest absolute Gasteiger partial charge is 0.444 e. The van der Waals surface area contributed by atoms with Gasteiger partial charge in [-0.05, 0) is 44.4 Å². The number of aromatic nitrogens is 1. The first-order valence-electron chi connectivity index (χ1n) is 7.15. The van der Waals surface area contributed by atoms with Gasteiger partial charge in [0.05, 0.1) is 12.2 Å². The van der Waals surface area contributed by atoms with E-state index in [0.29, 0.717) is 5.69 Å². The number of nitrogens with zero attached hydrogens (tertiary/aromatic N) is 1. The van der Waals surface area contributed by atoms with Gasteiger partial charge in [0.2, 0.25) is 10.0 Å². The van der Waals surface area contributed by atoms with Crippen molar-refractivity contribution in [1.82, 2.24) is 9.71 Å². The summed E-state index contributed by atoms with van der Waals surface area (Å²) >= 11 is 1.14. The predicted molar refractivity (Wildman–Crippen MR) is 92.4 cm³/mol. The first kappa shape index (κ1) is 18.4. The molecule has 0 atom stereocenters. The molecular formula is C15H19N3O4S2. The molecule has 1 amide bonds. The van der Waals surface area contributed by atoms with E-state index in [1.54, 1.807) is 50.4 Å². The molecule has 0 aromatic carbocycles. The molecule has 0 aliphatic carbocycles. The fraction of sp³-hybridized carbons (Fsp3) is 0.333. The number of anilines is 1. The lowest BCUT2D eigenvalue weighted by atomic mass is 10.2. The quantitative estimate of drug-likeness (QED) is 0.844. The van der Waals surface area contributed by atoms with Gasteiger partial charge in [-0.3, -0.25) is 5.32 Å². The fourth-order valence-corrected chi connectivity index (χ4v) is 3.75. The average molecular weight is 369 g/mol. The van der Waals surface area contributed by atoms with Crippen LogP contribution in [0.25, 0.3) is 0 Å². The summed E-state index contributed by atoms with van der Waals surface area (Å²) in [6.45, 7) is 5.30. The number of carbonyl (C=O) groups excluding carboxylic acids is 1. The minimum Gasteiger partial charge on any atom is -0.444 e. The van der Waals surface area contributed by atoms with Gasteiger partial charge in [-0.25, -0.2) is 22.9 Å². The Bertz CT molecular complexity index is 796. The highest BCUT2D eigenvalue weighted by atomic mass is 32.2. The molecule has 2 rings (SSSR count). The van der Waals surface area contributed by atoms with Crippen molar-refractivity contribution in [2.45, 2.75) is 37.1 Å². The van der Waals surface area contributed by atoms with E-state index in [9.17, 15) is 13.2 Å². The molecule has 0 bridgehead atoms. The number of hydrogen-bond acceptors (Lipinski definition) is 6. The van der Waals surface area contributed by atoms with Crippen LogP contribution in [0.1, 0.15) is 26.5 Å². The van der Waals surface area contributed by atoms with Crippen molar-refractivity contribution in [2.75, 3.05) is 5.32 Å². The zero-order valence-corrected chi connectivity index (χ0v) is 15.2. The zero-order chi connectivity index (χ0) is 17.8. The molecule has 0 saturated carbocycles. The molecule has 0 aliphatic heterocycles. The van der Waals surface area contributed by atoms with Crippen LogP contribution >= 0.6 is 11.3 Å². The van der Waals surface area contributed by atoms with E-state index in [4.69, 9.17) is 4.74 Å². The SMILES string of the molecule is CC(C)(C)OC(=O)Nc1cccc(CNS(=O)(=O)c2cccs2)n1. The van der Waals surface area contributed by atoms with Gasteiger partial charge in [0.1, 0.15) is 15.6 Å². The Morgan fingerprint density at radius 2 is 2.00 bits per heavy atom. The van der Waals surface area contributed by atoms with Gasteiger partial charge in [-0.2, -0.15) is 0 Å². The van der Waals surface area contributed by atoms with Crippen LogP contribution in [0.15, 0.2) is 39.9 Å². The van der Waals surface area contributed by atoms with Crippen molar-refractivity contribution in [3.05, 3.63) is 41.4 Å². The lowest BCUT2D eigenvalue weighted by Gasteiger charge is -2.19. The van der Waals surface area contributed by atoms with Gasteiger partial charge in [0.15, 0.2) is 0 Å². The van der Waals surface area contributed by atoms with E-state index in [1.807, 2.05) is 0 Å². The van der Waals surface area contributed by atoms with Gasteiger partial charge < -0.3 is 4.74 Å². The summed E-state index contributed by atoms with van der Waals surface area (Å²) < 4.78 is 32.0. The normalized spacial score (nSPS) is 12.0. The Morgan fingerprint density at radius 3 is 2.62 bits per heavy atom. The molecule has 7 nitrogen and oxygen atoms in total. The molecule has 0 aliphatic rings. The maximum Gasteiger partial charge on any atom is 0.413 e. The Morgan fingerprint density at radius 1 is 1.25 bits per heavy atom. The number of sulfonamides is 1. The standard InChI is InChI=1S/C15H19N3O4S2/c1-15(2,3)22-14(19)18-12-7-4-6-11(17-12)10-16-24(20,21)13-8-5-9-23-13/h4-9,16H,10H2,1-3H3,(H,17,18,19). The van der Waals surface area contributed by atoms with Crippen LogP contribution in [0.2, 0.25) is 0 Å². The van der Waals surface area contributed by atoms with Crippen molar-refractivity contribution in [3.8, 4) is 0 Å². The monoisotopic (exact) mass is 369 g/mol. The van der Waals surface area contributed by atoms with E-state index in [0.717, 1.165) is 11.3 Å². The number of pyridine rings is 1. The van der Waals surface area contributed by atoms with Gasteiger partial charge in [-0.15, -0.1) is 11.3 Å². The summed E-state index contributed by atoms with van der Waals surface area (Å²) in [7, 11) is -3.56. The predicted octanol–water partition coefficient (Wildman–Crippen LogP) is 2.97. The lowest BCUT2D eigenvalue weighted by Crippen LogP contribution is -2.27. The molecule has 2 aromatic rings. The third-order valence-electron chi connectivity index (χ3n) is 2.64. The second kappa shape index (κ2) is 7.29. The van der Waals surface area contributed by atoms with E-state index in [2.05, 4.69) is 15.0 Å². The van der Waals surface area contributed by atoms with Crippen LogP contribution in [-0.4, -0.2) is 25.1 Å². The second-order valence-corrected chi connectivity index (χ2v) is 8.84. The number of thiophene rings is 1. The van der Waals surface area contributed by atoms with E-state index in [1.165, 1.54) is 6.07 Å². The number of rotatable bonds is 5. The van der Waals surface area contributed by atoms with Crippen LogP contribution in [0.4, 0.5) is 10.6 Å². The van der Waals surface area contributed by atoms with Crippen LogP contribution in [0.5, 0.6) is 0 Å². The minimum absolute atomic E-state index is 0.0179. The topological polar surface area (TPSA) is 97.4 Å². The Balaban J connectivity index is 1.99. The minimum atomic E-state index is -3.56. The van der Waals surface area contributed by atoms with E-state index in [-0.39, 0.29) is 16.6 Å². The van der Waals surface area contributed by atoms with Crippen LogP contribution in [0, 0.1) is 0 Å². The van der Waals surface area contributed by atoms with Crippen molar-refractivity contribution < 1.29 is 17.9 Å². The molecule has 2 aromatic heterocycles. The van der Waals surface area contributed by atoms with Crippen molar-refractivity contribution in [2.24, 2.45) is 0 Å². The highest BCUT2D eigenvalue weighted by molar-refractivity contribution is 7.91. The molecule has 0 fully saturated rings. The molecule has 2 heterocycles. The summed E-state index contributed by atoms with van der Waals surface area (Å²) in [6, 6.07) is 8.14. The molecule has 0 unspecified atom stereocenters. The Kier molecular flexibility index (Phi) is 5.58. The maximum atomic E-state index is 12.1. The maximum absolute atomic E-state index is 12.1. The number of hydrogen-bond donors (Lipinski definition) is 2. The average Bonchev–Trinajstić information content (AvgIpc) is 2.98. The zero-order valence-electron chi connectivity index (χ0n) is 13.6. The Hall–Kier alpha value is -1.97. The first-order chi connectivity index (χ1) is 11.2. The van der Waals surface area contributed by atoms with Gasteiger partial charge in [0, 0.05) is 0 Å². The smallest absolute Gasteiger partial charge is 0.413 e. The molecule has 0 radical (unpaired) electrons. The van der Waals surface area contributed by atoms with E-state index < -0.39 is 21.7 Å². The second-order valence-electron chi connectivity index (χ2n) is 5.90. The third kappa shape index (κ3) is 5.59. The van der Waals surface area contributed by atoms with Gasteiger partial charge in [-0.1, -0.05) is 12.1 Å². The summed E-state index contributed by atoms with van der Waals surface area (Å²) in [5.74, 6) is 0.289. The summed E-state index contributed by atoms with van der Waals surface area (Å²) in [6.07, 6.45) is -0.619. The molecule has 130 valence electrons. The summed E-state index contributed by atoms with van der Waals surface area (Å²) in [5.41, 5.74) is -0.137. The number of ether oxygens (including phenoxy) is 1. The Labute approximate surface area is 145 Å². The highest BCUT2D eigenvalue weighted by Crippen LogP contribution is 2.16. The van der Waals surface area contributed by atoms with Gasteiger partial charge in [0.25, 0.3) is 0 Å². The van der Waals surface area contributed by atoms with Crippen molar-refractivity contribution in [1.29, 1.82) is 0 Å². The lowest BCUT2D eigenvalue weighted by molar-refractivity contribution is 0.0635. The third-order valence-corrected chi connectivity index (χ3v) is 5.44. The molecule has 2 N–H and O–H groups in total. The van der Waals surface area contributed by atoms with Crippen LogP contribution < -0.4 is 10.0 Å². The number of carbonyl (C=O) groups is 1. The molecule has 24 heavy (non-hydrogen) atoms. The summed E-state index contributed by atoms with van der Waals surface area (Å²) in [5, 5.41) is 4.21. The summed E-state index contributed by atoms with van der Waals surface area (Å²) in [4.78, 5) is 15.9. The fourth-order valence-electron chi connectivity index (χ4n) is 1.71. The van der Waals surface area contributed by atoms with E-state index >= 15 is 0 Å².